The Morgan fingerprint density at radius 2 is 0.753 bits per heavy atom. The van der Waals surface area contributed by atoms with Gasteiger partial charge < -0.3 is 18.3 Å². The van der Waals surface area contributed by atoms with Crippen LogP contribution in [0, 0.1) is 0 Å². The highest BCUT2D eigenvalue weighted by Gasteiger charge is 2.38. The average Bonchev–Trinajstić information content (AvgIpc) is 3.79. The van der Waals surface area contributed by atoms with E-state index in [0.29, 0.717) is 0 Å². The fourth-order valence-electron chi connectivity index (χ4n) is 12.5. The van der Waals surface area contributed by atoms with Gasteiger partial charge in [-0.1, -0.05) is 196 Å². The molecule has 1 aliphatic carbocycles. The van der Waals surface area contributed by atoms with Crippen LogP contribution in [0.4, 0.5) is 17.1 Å². The van der Waals surface area contributed by atoms with Crippen LogP contribution in [0.5, 0.6) is 0 Å². The minimum Gasteiger partial charge on any atom is -0.456 e. The fourth-order valence-corrected chi connectivity index (χ4v) is 12.5. The molecule has 11 aromatic carbocycles. The third-order valence-corrected chi connectivity index (χ3v) is 16.5. The molecule has 0 N–H and O–H groups in total. The molecule has 14 aromatic rings. The quantitative estimate of drug-likeness (QED) is 0.129. The Morgan fingerprint density at radius 3 is 1.30 bits per heavy atom. The van der Waals surface area contributed by atoms with Crippen molar-refractivity contribution in [1.29, 1.82) is 0 Å². The van der Waals surface area contributed by atoms with Crippen LogP contribution in [-0.2, 0) is 5.41 Å². The van der Waals surface area contributed by atoms with E-state index >= 15 is 0 Å². The number of benzene rings is 11. The Hall–Kier alpha value is -10.4. The fraction of sp³-hybridized carbons (Fsp3) is 0.0390. The van der Waals surface area contributed by atoms with Crippen molar-refractivity contribution in [2.45, 2.75) is 19.3 Å². The third-order valence-electron chi connectivity index (χ3n) is 16.5. The molecule has 0 unspecified atom stereocenters. The molecular weight excluding hydrogens is 985 g/mol. The highest BCUT2D eigenvalue weighted by Crippen LogP contribution is 2.54. The van der Waals surface area contributed by atoms with Gasteiger partial charge in [-0.3, -0.25) is 0 Å². The van der Waals surface area contributed by atoms with E-state index < -0.39 is 0 Å². The van der Waals surface area contributed by atoms with Crippen molar-refractivity contribution < 1.29 is 8.83 Å². The van der Waals surface area contributed by atoms with Crippen LogP contribution in [0.3, 0.4) is 0 Å². The molecule has 384 valence electrons. The minimum atomic E-state index is -0.289. The summed E-state index contributed by atoms with van der Waals surface area (Å²) in [4.78, 5) is 2.37. The Balaban J connectivity index is 0.842. The van der Waals surface area contributed by atoms with Gasteiger partial charge in [0.1, 0.15) is 23.0 Å². The van der Waals surface area contributed by atoms with Crippen molar-refractivity contribution in [3.63, 3.8) is 0 Å². The maximum atomic E-state index is 6.44. The van der Waals surface area contributed by atoms with Crippen LogP contribution in [0.15, 0.2) is 300 Å². The molecule has 0 saturated heterocycles. The standard InChI is InChI=1S/C77H54N2O2/c1-77(2)67-48-57(36-41-63(67)65-49-66-70(50-68(65)77)79(58-28-16-7-17-29-58)76(56-26-14-6-15-27-56)75(66)55-24-12-5-13-25-55)61-42-43-69(64-31-19-18-30-62(61)64)78(59-37-32-53(33-38-59)73-46-44-71(80-73)51-20-8-3-9-21-51)60-39-34-54(35-40-60)74-47-45-72(81-74)52-22-10-4-11-23-52/h3-50H,1-2H3. The van der Waals surface area contributed by atoms with Gasteiger partial charge in [0.2, 0.25) is 0 Å². The van der Waals surface area contributed by atoms with Crippen molar-refractivity contribution in [3.8, 4) is 95.6 Å². The Morgan fingerprint density at radius 1 is 0.321 bits per heavy atom. The number of aromatic nitrogens is 1. The molecule has 3 aromatic heterocycles. The molecule has 0 radical (unpaired) electrons. The summed E-state index contributed by atoms with van der Waals surface area (Å²) in [5.74, 6) is 3.34. The second-order valence-electron chi connectivity index (χ2n) is 21.6. The third kappa shape index (κ3) is 8.22. The zero-order valence-electron chi connectivity index (χ0n) is 44.9. The second-order valence-corrected chi connectivity index (χ2v) is 21.6. The number of rotatable bonds is 11. The molecule has 4 nitrogen and oxygen atoms in total. The Bertz CT molecular complexity index is 4490. The van der Waals surface area contributed by atoms with Gasteiger partial charge in [0.15, 0.2) is 0 Å². The zero-order valence-corrected chi connectivity index (χ0v) is 44.9. The number of fused-ring (bicyclic) bond motifs is 5. The summed E-state index contributed by atoms with van der Waals surface area (Å²) in [6, 6.07) is 104. The lowest BCUT2D eigenvalue weighted by Crippen LogP contribution is -2.15. The first-order chi connectivity index (χ1) is 39.9. The van der Waals surface area contributed by atoms with Gasteiger partial charge in [-0.15, -0.1) is 0 Å². The summed E-state index contributed by atoms with van der Waals surface area (Å²) in [5.41, 5.74) is 21.7. The molecule has 0 spiro atoms. The molecule has 4 heteroatoms. The van der Waals surface area contributed by atoms with Crippen LogP contribution in [0.2, 0.25) is 0 Å². The molecule has 3 heterocycles. The van der Waals surface area contributed by atoms with Crippen molar-refractivity contribution in [2.24, 2.45) is 0 Å². The summed E-state index contributed by atoms with van der Waals surface area (Å²) in [5, 5.41) is 3.57. The number of para-hydroxylation sites is 1. The summed E-state index contributed by atoms with van der Waals surface area (Å²) in [6.07, 6.45) is 0. The largest absolute Gasteiger partial charge is 0.456 e. The molecule has 1 aliphatic rings. The van der Waals surface area contributed by atoms with Crippen LogP contribution in [0.25, 0.3) is 117 Å². The molecule has 81 heavy (non-hydrogen) atoms. The SMILES string of the molecule is CC1(C)c2cc(-c3ccc(N(c4ccc(-c5ccc(-c6ccccc6)o5)cc4)c4ccc(-c5ccc(-c6ccccc6)o5)cc4)c4ccccc34)ccc2-c2cc3c(-c4ccccc4)c(-c4ccccc4)n(-c4ccccc4)c3cc21. The first-order valence-electron chi connectivity index (χ1n) is 27.8. The summed E-state index contributed by atoms with van der Waals surface area (Å²) in [7, 11) is 0. The van der Waals surface area contributed by atoms with Gasteiger partial charge in [0, 0.05) is 61.1 Å². The average molecular weight is 1040 g/mol. The highest BCUT2D eigenvalue weighted by atomic mass is 16.3. The molecule has 0 bridgehead atoms. The molecule has 0 saturated carbocycles. The van der Waals surface area contributed by atoms with Gasteiger partial charge in [-0.2, -0.15) is 0 Å². The number of furan rings is 2. The normalized spacial score (nSPS) is 12.4. The Kier molecular flexibility index (Phi) is 11.5. The predicted octanol–water partition coefficient (Wildman–Crippen LogP) is 21.4. The smallest absolute Gasteiger partial charge is 0.134 e. The molecule has 0 aliphatic heterocycles. The van der Waals surface area contributed by atoms with Crippen molar-refractivity contribution in [2.75, 3.05) is 4.90 Å². The number of anilines is 3. The predicted molar refractivity (Wildman–Crippen MR) is 336 cm³/mol. The van der Waals surface area contributed by atoms with Gasteiger partial charge in [0.05, 0.1) is 16.9 Å². The minimum absolute atomic E-state index is 0.289. The number of hydrogen-bond donors (Lipinski definition) is 0. The van der Waals surface area contributed by atoms with Gasteiger partial charge >= 0.3 is 0 Å². The lowest BCUT2D eigenvalue weighted by atomic mass is 9.81. The second kappa shape index (κ2) is 19.5. The van der Waals surface area contributed by atoms with E-state index in [1.807, 2.05) is 36.4 Å². The molecule has 0 atom stereocenters. The van der Waals surface area contributed by atoms with E-state index in [0.717, 1.165) is 73.4 Å². The van der Waals surface area contributed by atoms with E-state index in [1.54, 1.807) is 0 Å². The molecular formula is C77H54N2O2. The summed E-state index contributed by atoms with van der Waals surface area (Å²) >= 11 is 0. The monoisotopic (exact) mass is 1040 g/mol. The lowest BCUT2D eigenvalue weighted by molar-refractivity contribution is 0.597. The van der Waals surface area contributed by atoms with E-state index in [-0.39, 0.29) is 5.41 Å². The van der Waals surface area contributed by atoms with Crippen LogP contribution >= 0.6 is 0 Å². The van der Waals surface area contributed by atoms with Crippen LogP contribution in [-0.4, -0.2) is 4.57 Å². The van der Waals surface area contributed by atoms with E-state index in [9.17, 15) is 0 Å². The number of nitrogens with zero attached hydrogens (tertiary/aromatic N) is 2. The topological polar surface area (TPSA) is 34.5 Å². The first-order valence-corrected chi connectivity index (χ1v) is 27.8. The van der Waals surface area contributed by atoms with Crippen molar-refractivity contribution in [1.82, 2.24) is 4.57 Å². The molecule has 0 amide bonds. The Labute approximate surface area is 471 Å². The van der Waals surface area contributed by atoms with Gasteiger partial charge in [-0.05, 0) is 159 Å². The summed E-state index contributed by atoms with van der Waals surface area (Å²) in [6.45, 7) is 4.80. The highest BCUT2D eigenvalue weighted by molar-refractivity contribution is 6.10. The van der Waals surface area contributed by atoms with Gasteiger partial charge in [-0.25, -0.2) is 0 Å². The summed E-state index contributed by atoms with van der Waals surface area (Å²) < 4.78 is 15.4. The first kappa shape index (κ1) is 47.8. The maximum Gasteiger partial charge on any atom is 0.134 e. The zero-order chi connectivity index (χ0) is 54.0. The van der Waals surface area contributed by atoms with Crippen LogP contribution < -0.4 is 4.90 Å². The van der Waals surface area contributed by atoms with Crippen molar-refractivity contribution >= 4 is 38.7 Å². The maximum absolute atomic E-state index is 6.44. The number of hydrogen-bond acceptors (Lipinski definition) is 3. The van der Waals surface area contributed by atoms with Gasteiger partial charge in [0.25, 0.3) is 0 Å². The molecule has 0 fully saturated rings. The molecule has 15 rings (SSSR count). The van der Waals surface area contributed by atoms with E-state index in [4.69, 9.17) is 8.83 Å². The van der Waals surface area contributed by atoms with Crippen molar-refractivity contribution in [3.05, 3.63) is 302 Å². The van der Waals surface area contributed by atoms with Crippen LogP contribution in [0.1, 0.15) is 25.0 Å². The lowest BCUT2D eigenvalue weighted by Gasteiger charge is -2.28. The van der Waals surface area contributed by atoms with E-state index in [2.05, 4.69) is 278 Å². The van der Waals surface area contributed by atoms with E-state index in [1.165, 1.54) is 72.1 Å².